The lowest BCUT2D eigenvalue weighted by Crippen LogP contribution is -2.48. The molecule has 0 unspecified atom stereocenters. The van der Waals surface area contributed by atoms with E-state index in [1.54, 1.807) is 22.7 Å². The zero-order chi connectivity index (χ0) is 32.5. The van der Waals surface area contributed by atoms with E-state index in [1.165, 1.54) is 33.4 Å². The fraction of sp³-hybridized carbons (Fsp3) is 0.444. The molecule has 0 N–H and O–H groups in total. The van der Waals surface area contributed by atoms with E-state index in [9.17, 15) is 9.59 Å². The van der Waals surface area contributed by atoms with Crippen molar-refractivity contribution in [2.45, 2.75) is 53.4 Å². The summed E-state index contributed by atoms with van der Waals surface area (Å²) in [4.78, 5) is 42.1. The molecule has 8 nitrogen and oxygen atoms in total. The predicted octanol–water partition coefficient (Wildman–Crippen LogP) is 6.08. The Morgan fingerprint density at radius 3 is 1.22 bits per heavy atom. The number of piperazine rings is 2. The molecule has 2 saturated heterocycles. The minimum atomic E-state index is 0.267. The number of rotatable bonds is 8. The molecule has 46 heavy (non-hydrogen) atoms. The van der Waals surface area contributed by atoms with E-state index in [4.69, 9.17) is 0 Å². The Labute approximate surface area is 281 Å². The SMILES string of the molecule is Cc1cc(C)cc(CCC(=O)N2CCN(c3nccs3)CC2)c1.Cc1cc(C)cc(CCC(=O)N2CCN(c3nccs3)CC2)c1. The van der Waals surface area contributed by atoms with Gasteiger partial charge in [-0.05, 0) is 51.7 Å². The molecule has 2 aliphatic heterocycles. The third-order valence-corrected chi connectivity index (χ3v) is 10.1. The number of thiazole rings is 2. The van der Waals surface area contributed by atoms with E-state index in [-0.39, 0.29) is 11.8 Å². The number of aryl methyl sites for hydroxylation is 6. The van der Waals surface area contributed by atoms with Crippen LogP contribution in [-0.2, 0) is 22.4 Å². The Kier molecular flexibility index (Phi) is 11.8. The van der Waals surface area contributed by atoms with Crippen molar-refractivity contribution < 1.29 is 9.59 Å². The van der Waals surface area contributed by atoms with Gasteiger partial charge in [-0.2, -0.15) is 0 Å². The zero-order valence-corrected chi connectivity index (χ0v) is 29.2. The van der Waals surface area contributed by atoms with Gasteiger partial charge >= 0.3 is 0 Å². The van der Waals surface area contributed by atoms with Crippen molar-refractivity contribution in [3.63, 3.8) is 0 Å². The molecule has 4 heterocycles. The van der Waals surface area contributed by atoms with Gasteiger partial charge in [0, 0.05) is 88.4 Å². The molecule has 6 rings (SSSR count). The molecule has 244 valence electrons. The van der Waals surface area contributed by atoms with Gasteiger partial charge in [0.15, 0.2) is 10.3 Å². The Balaban J connectivity index is 0.000000181. The topological polar surface area (TPSA) is 72.9 Å². The van der Waals surface area contributed by atoms with Crippen molar-refractivity contribution in [3.05, 3.63) is 92.9 Å². The van der Waals surface area contributed by atoms with Crippen molar-refractivity contribution >= 4 is 44.8 Å². The summed E-state index contributed by atoms with van der Waals surface area (Å²) in [7, 11) is 0. The highest BCUT2D eigenvalue weighted by Crippen LogP contribution is 2.21. The summed E-state index contributed by atoms with van der Waals surface area (Å²) in [5.41, 5.74) is 7.59. The molecule has 2 fully saturated rings. The summed E-state index contributed by atoms with van der Waals surface area (Å²) in [6.07, 6.45) is 6.52. The maximum absolute atomic E-state index is 12.4. The van der Waals surface area contributed by atoms with Crippen molar-refractivity contribution in [2.75, 3.05) is 62.2 Å². The highest BCUT2D eigenvalue weighted by Gasteiger charge is 2.23. The molecular formula is C36H46N6O2S2. The maximum Gasteiger partial charge on any atom is 0.223 e. The minimum absolute atomic E-state index is 0.267. The van der Waals surface area contributed by atoms with Crippen LogP contribution in [0.3, 0.4) is 0 Å². The van der Waals surface area contributed by atoms with E-state index in [0.29, 0.717) is 12.8 Å². The lowest BCUT2D eigenvalue weighted by molar-refractivity contribution is -0.132. The van der Waals surface area contributed by atoms with Gasteiger partial charge in [-0.3, -0.25) is 9.59 Å². The lowest BCUT2D eigenvalue weighted by atomic mass is 10.0. The molecule has 2 amide bonds. The summed E-state index contributed by atoms with van der Waals surface area (Å²) in [5, 5.41) is 6.12. The van der Waals surface area contributed by atoms with Gasteiger partial charge < -0.3 is 19.6 Å². The Bertz CT molecular complexity index is 1400. The van der Waals surface area contributed by atoms with E-state index in [2.05, 4.69) is 83.9 Å². The summed E-state index contributed by atoms with van der Waals surface area (Å²) in [6.45, 7) is 15.1. The number of anilines is 2. The summed E-state index contributed by atoms with van der Waals surface area (Å²) >= 11 is 3.32. The molecule has 2 aromatic carbocycles. The van der Waals surface area contributed by atoms with E-state index >= 15 is 0 Å². The Hall–Kier alpha value is -3.76. The number of hydrogen-bond donors (Lipinski definition) is 0. The molecule has 0 bridgehead atoms. The van der Waals surface area contributed by atoms with Gasteiger partial charge in [0.05, 0.1) is 0 Å². The number of nitrogens with zero attached hydrogens (tertiary/aromatic N) is 6. The standard InChI is InChI=1S/2C18H23N3OS/c2*1-14-11-15(2)13-16(12-14)3-4-17(22)20-6-8-21(9-7-20)18-19-5-10-23-18/h2*5,10-13H,3-4,6-9H2,1-2H3. The molecule has 0 spiro atoms. The second-order valence-electron chi connectivity index (χ2n) is 12.4. The van der Waals surface area contributed by atoms with Crippen LogP contribution in [0.1, 0.15) is 46.2 Å². The van der Waals surface area contributed by atoms with Crippen LogP contribution in [0, 0.1) is 27.7 Å². The molecule has 0 radical (unpaired) electrons. The molecule has 0 atom stereocenters. The number of carbonyl (C=O) groups is 2. The quantitative estimate of drug-likeness (QED) is 0.229. The van der Waals surface area contributed by atoms with Gasteiger partial charge in [-0.15, -0.1) is 22.7 Å². The van der Waals surface area contributed by atoms with Gasteiger partial charge in [0.25, 0.3) is 0 Å². The third-order valence-electron chi connectivity index (χ3n) is 8.46. The number of hydrogen-bond acceptors (Lipinski definition) is 8. The normalized spacial score (nSPS) is 15.0. The summed E-state index contributed by atoms with van der Waals surface area (Å²) < 4.78 is 0. The Morgan fingerprint density at radius 2 is 0.913 bits per heavy atom. The van der Waals surface area contributed by atoms with Crippen LogP contribution in [0.15, 0.2) is 59.6 Å². The van der Waals surface area contributed by atoms with Crippen LogP contribution in [0.25, 0.3) is 0 Å². The van der Waals surface area contributed by atoms with Crippen LogP contribution in [-0.4, -0.2) is 83.9 Å². The number of aromatic nitrogens is 2. The Morgan fingerprint density at radius 1 is 0.565 bits per heavy atom. The molecule has 10 heteroatoms. The first-order valence-electron chi connectivity index (χ1n) is 16.2. The van der Waals surface area contributed by atoms with Crippen LogP contribution in [0.2, 0.25) is 0 Å². The van der Waals surface area contributed by atoms with Crippen LogP contribution in [0.5, 0.6) is 0 Å². The van der Waals surface area contributed by atoms with Crippen LogP contribution < -0.4 is 9.80 Å². The molecule has 2 aliphatic rings. The predicted molar refractivity (Wildman–Crippen MR) is 190 cm³/mol. The third kappa shape index (κ3) is 9.62. The van der Waals surface area contributed by atoms with Crippen LogP contribution in [0.4, 0.5) is 10.3 Å². The highest BCUT2D eigenvalue weighted by molar-refractivity contribution is 7.13. The number of amides is 2. The number of benzene rings is 2. The molecule has 2 aromatic heterocycles. The lowest BCUT2D eigenvalue weighted by Gasteiger charge is -2.34. The first-order chi connectivity index (χ1) is 22.2. The summed E-state index contributed by atoms with van der Waals surface area (Å²) in [5.74, 6) is 0.533. The van der Waals surface area contributed by atoms with E-state index in [1.807, 2.05) is 33.0 Å². The summed E-state index contributed by atoms with van der Waals surface area (Å²) in [6, 6.07) is 13.1. The first-order valence-corrected chi connectivity index (χ1v) is 18.0. The van der Waals surface area contributed by atoms with Crippen molar-refractivity contribution in [1.82, 2.24) is 19.8 Å². The van der Waals surface area contributed by atoms with Gasteiger partial charge in [-0.1, -0.05) is 58.7 Å². The fourth-order valence-electron chi connectivity index (χ4n) is 6.28. The fourth-order valence-corrected chi connectivity index (χ4v) is 7.68. The minimum Gasteiger partial charge on any atom is -0.345 e. The molecule has 4 aromatic rings. The van der Waals surface area contributed by atoms with E-state index in [0.717, 1.165) is 75.5 Å². The average Bonchev–Trinajstić information content (AvgIpc) is 3.78. The van der Waals surface area contributed by atoms with Gasteiger partial charge in [0.2, 0.25) is 11.8 Å². The highest BCUT2D eigenvalue weighted by atomic mass is 32.1. The zero-order valence-electron chi connectivity index (χ0n) is 27.6. The smallest absolute Gasteiger partial charge is 0.223 e. The van der Waals surface area contributed by atoms with Crippen molar-refractivity contribution in [1.29, 1.82) is 0 Å². The molecule has 0 saturated carbocycles. The maximum atomic E-state index is 12.4. The number of carbonyl (C=O) groups excluding carboxylic acids is 2. The first kappa shape index (κ1) is 33.6. The van der Waals surface area contributed by atoms with Crippen molar-refractivity contribution in [3.8, 4) is 0 Å². The second kappa shape index (κ2) is 16.2. The largest absolute Gasteiger partial charge is 0.345 e. The van der Waals surface area contributed by atoms with Crippen LogP contribution >= 0.6 is 22.7 Å². The second-order valence-corrected chi connectivity index (χ2v) is 14.1. The van der Waals surface area contributed by atoms with E-state index < -0.39 is 0 Å². The van der Waals surface area contributed by atoms with Gasteiger partial charge in [0.1, 0.15) is 0 Å². The average molecular weight is 659 g/mol. The molecular weight excluding hydrogens is 613 g/mol. The van der Waals surface area contributed by atoms with Gasteiger partial charge in [-0.25, -0.2) is 9.97 Å². The van der Waals surface area contributed by atoms with Crippen molar-refractivity contribution in [2.24, 2.45) is 0 Å². The molecule has 0 aliphatic carbocycles. The monoisotopic (exact) mass is 658 g/mol.